The van der Waals surface area contributed by atoms with Crippen LogP contribution in [0.2, 0.25) is 4.34 Å². The van der Waals surface area contributed by atoms with Crippen LogP contribution >= 0.6 is 22.9 Å². The van der Waals surface area contributed by atoms with Gasteiger partial charge in [-0.05, 0) is 18.4 Å². The van der Waals surface area contributed by atoms with Crippen molar-refractivity contribution in [2.24, 2.45) is 21.7 Å². The Kier molecular flexibility index (Phi) is 6.14. The van der Waals surface area contributed by atoms with E-state index in [4.69, 9.17) is 23.1 Å². The van der Waals surface area contributed by atoms with E-state index in [0.717, 1.165) is 11.3 Å². The molecule has 2 atom stereocenters. The van der Waals surface area contributed by atoms with E-state index >= 15 is 0 Å². The first kappa shape index (κ1) is 17.9. The maximum absolute atomic E-state index is 12.7. The molecule has 1 aromatic heterocycles. The molecule has 0 radical (unpaired) electrons. The molecule has 0 aromatic carbocycles. The number of nitrogens with zero attached hydrogens (tertiary/aromatic N) is 1. The molecule has 5 N–H and O–H groups in total. The summed E-state index contributed by atoms with van der Waals surface area (Å²) in [6.07, 6.45) is 0.388. The van der Waals surface area contributed by atoms with Gasteiger partial charge in [0.1, 0.15) is 0 Å². The molecule has 7 nitrogen and oxygen atoms in total. The standard InChI is InChI=1S/C11H17ClN4O3S2/c1-6(2)3-8(13)10(17)15-21(19,16-11(14)18)7-4-9(12)20-5-7/h4-6,8H,3,13H2,1-2H3,(H3,14,15,16,17,18,19)/t8-,21?/m0/s1. The van der Waals surface area contributed by atoms with E-state index < -0.39 is 27.9 Å². The Morgan fingerprint density at radius 3 is 2.57 bits per heavy atom. The predicted octanol–water partition coefficient (Wildman–Crippen LogP) is 1.71. The van der Waals surface area contributed by atoms with Gasteiger partial charge in [0.2, 0.25) is 0 Å². The largest absolute Gasteiger partial charge is 0.351 e. The highest BCUT2D eigenvalue weighted by atomic mass is 35.5. The summed E-state index contributed by atoms with van der Waals surface area (Å²) in [6, 6.07) is -0.596. The van der Waals surface area contributed by atoms with Crippen LogP contribution in [0.4, 0.5) is 4.79 Å². The Labute approximate surface area is 132 Å². The minimum absolute atomic E-state index is 0.112. The number of halogens is 1. The second-order valence-electron chi connectivity index (χ2n) is 4.74. The second-order valence-corrected chi connectivity index (χ2v) is 8.20. The smallest absolute Gasteiger partial charge is 0.324 e. The Hall–Kier alpha value is -1.16. The molecule has 0 aliphatic rings. The zero-order valence-electron chi connectivity index (χ0n) is 11.5. The van der Waals surface area contributed by atoms with Gasteiger partial charge < -0.3 is 11.5 Å². The number of hydrogen-bond acceptors (Lipinski definition) is 5. The van der Waals surface area contributed by atoms with Crippen molar-refractivity contribution in [1.29, 1.82) is 0 Å². The molecule has 1 rings (SSSR count). The minimum Gasteiger partial charge on any atom is -0.351 e. The van der Waals surface area contributed by atoms with Crippen molar-refractivity contribution < 1.29 is 13.8 Å². The fourth-order valence-electron chi connectivity index (χ4n) is 1.51. The summed E-state index contributed by atoms with van der Waals surface area (Å²) in [7, 11) is -3.53. The molecule has 1 aromatic rings. The van der Waals surface area contributed by atoms with E-state index in [1.807, 2.05) is 18.6 Å². The van der Waals surface area contributed by atoms with Gasteiger partial charge in [-0.1, -0.05) is 25.4 Å². The van der Waals surface area contributed by atoms with E-state index in [1.165, 1.54) is 11.4 Å². The molecule has 1 unspecified atom stereocenters. The van der Waals surface area contributed by atoms with Crippen molar-refractivity contribution in [2.75, 3.05) is 0 Å². The van der Waals surface area contributed by atoms with Crippen LogP contribution in [0.5, 0.6) is 0 Å². The zero-order chi connectivity index (χ0) is 16.2. The van der Waals surface area contributed by atoms with Crippen LogP contribution in [0.3, 0.4) is 0 Å². The number of hydrogen-bond donors (Lipinski definition) is 3. The average Bonchev–Trinajstić information content (AvgIpc) is 2.74. The predicted molar refractivity (Wildman–Crippen MR) is 83.3 cm³/mol. The number of thiophene rings is 1. The third-order valence-corrected chi connectivity index (χ3v) is 5.39. The molecule has 0 saturated carbocycles. The lowest BCUT2D eigenvalue weighted by Gasteiger charge is -2.12. The molecule has 1 heterocycles. The average molecular weight is 353 g/mol. The van der Waals surface area contributed by atoms with Crippen LogP contribution in [0, 0.1) is 5.92 Å². The van der Waals surface area contributed by atoms with Gasteiger partial charge >= 0.3 is 6.03 Å². The lowest BCUT2D eigenvalue weighted by Crippen LogP contribution is -2.37. The highest BCUT2D eigenvalue weighted by Crippen LogP contribution is 2.24. The minimum atomic E-state index is -3.53. The number of carbonyl (C=O) groups is 2. The van der Waals surface area contributed by atoms with Crippen LogP contribution in [-0.2, 0) is 14.7 Å². The van der Waals surface area contributed by atoms with Gasteiger partial charge in [-0.15, -0.1) is 15.7 Å². The van der Waals surface area contributed by atoms with Gasteiger partial charge in [-0.3, -0.25) is 4.79 Å². The van der Waals surface area contributed by atoms with Crippen LogP contribution in [0.25, 0.3) is 0 Å². The van der Waals surface area contributed by atoms with Gasteiger partial charge in [0.25, 0.3) is 5.91 Å². The van der Waals surface area contributed by atoms with E-state index in [-0.39, 0.29) is 10.8 Å². The van der Waals surface area contributed by atoms with E-state index in [9.17, 15) is 13.8 Å². The molecule has 10 heteroatoms. The number of carbonyl (C=O) groups excluding carboxylic acids is 2. The molecule has 0 bridgehead atoms. The Morgan fingerprint density at radius 1 is 1.52 bits per heavy atom. The molecule has 0 aliphatic carbocycles. The van der Waals surface area contributed by atoms with Gasteiger partial charge in [0, 0.05) is 5.38 Å². The highest BCUT2D eigenvalue weighted by Gasteiger charge is 2.22. The lowest BCUT2D eigenvalue weighted by atomic mass is 10.0. The van der Waals surface area contributed by atoms with E-state index in [0.29, 0.717) is 10.8 Å². The van der Waals surface area contributed by atoms with Gasteiger partial charge in [0.15, 0.2) is 9.92 Å². The quantitative estimate of drug-likeness (QED) is 0.745. The molecular formula is C11H17ClN4O3S2. The molecule has 3 amide bonds. The van der Waals surface area contributed by atoms with Gasteiger partial charge in [-0.2, -0.15) is 0 Å². The van der Waals surface area contributed by atoms with Crippen LogP contribution in [0.15, 0.2) is 20.7 Å². The second kappa shape index (κ2) is 7.21. The fourth-order valence-corrected chi connectivity index (χ4v) is 4.27. The van der Waals surface area contributed by atoms with Crippen LogP contribution < -0.4 is 16.2 Å². The summed E-state index contributed by atoms with van der Waals surface area (Å²) in [5.41, 5.74) is 10.7. The topological polar surface area (TPSA) is 128 Å². The molecule has 0 saturated heterocycles. The maximum Gasteiger partial charge on any atom is 0.324 e. The lowest BCUT2D eigenvalue weighted by molar-refractivity contribution is -0.119. The number of amides is 3. The number of nitrogens with two attached hydrogens (primary N) is 2. The van der Waals surface area contributed by atoms with Crippen molar-refractivity contribution in [1.82, 2.24) is 4.72 Å². The van der Waals surface area contributed by atoms with Crippen molar-refractivity contribution in [3.8, 4) is 0 Å². The van der Waals surface area contributed by atoms with Gasteiger partial charge in [0.05, 0.1) is 15.3 Å². The highest BCUT2D eigenvalue weighted by molar-refractivity contribution is 7.92. The molecule has 0 aliphatic heterocycles. The van der Waals surface area contributed by atoms with Gasteiger partial charge in [-0.25, -0.2) is 13.7 Å². The third-order valence-electron chi connectivity index (χ3n) is 2.36. The molecule has 21 heavy (non-hydrogen) atoms. The van der Waals surface area contributed by atoms with Crippen LogP contribution in [0.1, 0.15) is 20.3 Å². The van der Waals surface area contributed by atoms with E-state index in [1.54, 1.807) is 0 Å². The first-order valence-electron chi connectivity index (χ1n) is 6.02. The fraction of sp³-hybridized carbons (Fsp3) is 0.455. The Morgan fingerprint density at radius 2 is 2.14 bits per heavy atom. The van der Waals surface area contributed by atoms with Crippen molar-refractivity contribution >= 4 is 44.8 Å². The molecule has 0 spiro atoms. The summed E-state index contributed by atoms with van der Waals surface area (Å²) in [4.78, 5) is 23.1. The summed E-state index contributed by atoms with van der Waals surface area (Å²) >= 11 is 6.86. The first-order chi connectivity index (χ1) is 9.64. The van der Waals surface area contributed by atoms with E-state index in [2.05, 4.69) is 4.36 Å². The molecule has 0 fully saturated rings. The number of primary amides is 1. The Bertz CT molecular complexity index is 650. The number of nitrogens with one attached hydrogen (secondary N) is 1. The first-order valence-corrected chi connectivity index (χ1v) is 8.79. The molecule has 118 valence electrons. The summed E-state index contributed by atoms with van der Waals surface area (Å²) in [5.74, 6) is -0.584. The van der Waals surface area contributed by atoms with Crippen molar-refractivity contribution in [2.45, 2.75) is 31.2 Å². The third kappa shape index (κ3) is 5.27. The summed E-state index contributed by atoms with van der Waals surface area (Å²) in [5, 5.41) is 1.44. The molecular weight excluding hydrogens is 336 g/mol. The number of urea groups is 1. The zero-order valence-corrected chi connectivity index (χ0v) is 13.9. The monoisotopic (exact) mass is 352 g/mol. The number of rotatable bonds is 5. The summed E-state index contributed by atoms with van der Waals surface area (Å²) in [6.45, 7) is 3.79. The normalized spacial score (nSPS) is 15.3. The summed E-state index contributed by atoms with van der Waals surface area (Å²) < 4.78 is 18.6. The van der Waals surface area contributed by atoms with Crippen molar-refractivity contribution in [3.05, 3.63) is 15.8 Å². The van der Waals surface area contributed by atoms with Crippen molar-refractivity contribution in [3.63, 3.8) is 0 Å². The van der Waals surface area contributed by atoms with Crippen LogP contribution in [-0.4, -0.2) is 22.2 Å². The maximum atomic E-state index is 12.7. The Balaban J connectivity index is 3.19. The SMILES string of the molecule is CC(C)C[C@H](N)C(=O)N=S(=O)(NC(N)=O)c1csc(Cl)c1.